The number of nitrogens with zero attached hydrogens (tertiary/aromatic N) is 4. The zero-order chi connectivity index (χ0) is 31.1. The Morgan fingerprint density at radius 1 is 0.907 bits per heavy atom. The number of carboxylic acids is 2. The van der Waals surface area contributed by atoms with Gasteiger partial charge in [0, 0.05) is 52.9 Å². The molecule has 43 heavy (non-hydrogen) atoms. The smallest absolute Gasteiger partial charge is 0.414 e. The quantitative estimate of drug-likeness (QED) is 0.302. The predicted octanol–water partition coefficient (Wildman–Crippen LogP) is 1.54. The van der Waals surface area contributed by atoms with E-state index in [1.807, 2.05) is 42.5 Å². The van der Waals surface area contributed by atoms with Crippen LogP contribution in [0.3, 0.4) is 0 Å². The van der Waals surface area contributed by atoms with E-state index in [-0.39, 0.29) is 23.1 Å². The van der Waals surface area contributed by atoms with Gasteiger partial charge < -0.3 is 24.6 Å². The third-order valence-corrected chi connectivity index (χ3v) is 7.34. The van der Waals surface area contributed by atoms with Crippen molar-refractivity contribution in [2.24, 2.45) is 14.1 Å². The standard InChI is InChI=1S/C28H32N4O5.C2H2O4/c1-29-25(19-26(34)30(2)28(29)35)32-15-13-31(14-16-32)12-7-17-36-23-11-6-10-21-22(33)18-24(37-27(21)23)20-8-4-3-5-9-20;3-1(4)2(5)6/h3-6,8-11,19,24H,7,12-18H2,1-2H3;(H,3,4)(H,5,6). The lowest BCUT2D eigenvalue weighted by molar-refractivity contribution is -0.159. The molecule has 13 heteroatoms. The second-order valence-electron chi connectivity index (χ2n) is 10.2. The fourth-order valence-corrected chi connectivity index (χ4v) is 4.98. The second-order valence-corrected chi connectivity index (χ2v) is 10.2. The maximum absolute atomic E-state index is 12.8. The summed E-state index contributed by atoms with van der Waals surface area (Å²) >= 11 is 0. The number of para-hydroxylation sites is 1. The zero-order valence-electron chi connectivity index (χ0n) is 24.0. The summed E-state index contributed by atoms with van der Waals surface area (Å²) < 4.78 is 15.0. The number of rotatable bonds is 7. The molecule has 0 aliphatic carbocycles. The van der Waals surface area contributed by atoms with E-state index in [1.54, 1.807) is 13.1 Å². The summed E-state index contributed by atoms with van der Waals surface area (Å²) in [6.45, 7) is 4.52. The molecule has 1 atom stereocenters. The van der Waals surface area contributed by atoms with Gasteiger partial charge in [0.05, 0.1) is 18.6 Å². The first-order valence-electron chi connectivity index (χ1n) is 13.8. The summed E-state index contributed by atoms with van der Waals surface area (Å²) in [6.07, 6.45) is 0.828. The van der Waals surface area contributed by atoms with Crippen molar-refractivity contribution in [3.05, 3.63) is 86.6 Å². The van der Waals surface area contributed by atoms with E-state index in [9.17, 15) is 14.4 Å². The number of Topliss-reactive ketones (excluding diaryl/α,β-unsaturated/α-hetero) is 1. The van der Waals surface area contributed by atoms with Crippen LogP contribution in [0.1, 0.15) is 34.9 Å². The highest BCUT2D eigenvalue weighted by atomic mass is 16.5. The van der Waals surface area contributed by atoms with Crippen molar-refractivity contribution in [1.82, 2.24) is 14.0 Å². The summed E-state index contributed by atoms with van der Waals surface area (Å²) in [6, 6.07) is 16.8. The Balaban J connectivity index is 0.000000641. The molecule has 2 aliphatic heterocycles. The summed E-state index contributed by atoms with van der Waals surface area (Å²) in [5.41, 5.74) is 0.949. The first-order chi connectivity index (χ1) is 20.6. The minimum atomic E-state index is -1.82. The number of carbonyl (C=O) groups excluding carboxylic acids is 1. The first-order valence-corrected chi connectivity index (χ1v) is 13.8. The van der Waals surface area contributed by atoms with E-state index < -0.39 is 11.9 Å². The molecule has 0 bridgehead atoms. The Morgan fingerprint density at radius 2 is 1.58 bits per heavy atom. The van der Waals surface area contributed by atoms with Crippen molar-refractivity contribution in [1.29, 1.82) is 0 Å². The summed E-state index contributed by atoms with van der Waals surface area (Å²) in [5, 5.41) is 14.8. The number of hydrogen-bond acceptors (Lipinski definition) is 9. The van der Waals surface area contributed by atoms with Gasteiger partial charge in [0.2, 0.25) is 0 Å². The van der Waals surface area contributed by atoms with Gasteiger partial charge in [0.15, 0.2) is 17.3 Å². The molecule has 0 spiro atoms. The highest BCUT2D eigenvalue weighted by Gasteiger charge is 2.30. The Hall–Kier alpha value is -4.91. The number of aliphatic carboxylic acids is 2. The molecule has 1 fully saturated rings. The van der Waals surface area contributed by atoms with E-state index >= 15 is 0 Å². The largest absolute Gasteiger partial charge is 0.490 e. The summed E-state index contributed by atoms with van der Waals surface area (Å²) in [7, 11) is 3.19. The molecule has 0 radical (unpaired) electrons. The van der Waals surface area contributed by atoms with Crippen LogP contribution in [0.4, 0.5) is 5.82 Å². The number of aromatic nitrogens is 2. The van der Waals surface area contributed by atoms with Crippen LogP contribution in [0.25, 0.3) is 0 Å². The van der Waals surface area contributed by atoms with Crippen molar-refractivity contribution in [2.75, 3.05) is 44.2 Å². The van der Waals surface area contributed by atoms with Crippen molar-refractivity contribution in [2.45, 2.75) is 18.9 Å². The van der Waals surface area contributed by atoms with E-state index in [0.717, 1.165) is 49.3 Å². The number of benzene rings is 2. The van der Waals surface area contributed by atoms with Crippen LogP contribution in [-0.2, 0) is 23.7 Å². The van der Waals surface area contributed by atoms with Gasteiger partial charge in [-0.2, -0.15) is 0 Å². The lowest BCUT2D eigenvalue weighted by atomic mass is 9.96. The Labute approximate surface area is 247 Å². The van der Waals surface area contributed by atoms with Crippen molar-refractivity contribution >= 4 is 23.5 Å². The lowest BCUT2D eigenvalue weighted by Crippen LogP contribution is -2.49. The van der Waals surface area contributed by atoms with Gasteiger partial charge in [-0.3, -0.25) is 23.6 Å². The molecular formula is C30H34N4O9. The molecule has 2 N–H and O–H groups in total. The Morgan fingerprint density at radius 3 is 2.23 bits per heavy atom. The molecule has 3 aromatic rings. The lowest BCUT2D eigenvalue weighted by Gasteiger charge is -2.36. The van der Waals surface area contributed by atoms with E-state index in [1.165, 1.54) is 17.7 Å². The normalized spacial score (nSPS) is 16.4. The molecule has 1 unspecified atom stereocenters. The van der Waals surface area contributed by atoms with Crippen LogP contribution in [0, 0.1) is 0 Å². The number of ketones is 1. The fraction of sp³-hybridized carbons (Fsp3) is 0.367. The highest BCUT2D eigenvalue weighted by Crippen LogP contribution is 2.41. The topological polar surface area (TPSA) is 161 Å². The first kappa shape index (κ1) is 31.0. The number of anilines is 1. The molecular weight excluding hydrogens is 560 g/mol. The van der Waals surface area contributed by atoms with Crippen molar-refractivity contribution < 1.29 is 34.1 Å². The van der Waals surface area contributed by atoms with Crippen LogP contribution in [-0.4, -0.2) is 81.3 Å². The molecule has 2 aliphatic rings. The number of carboxylic acid groups (broad SMARTS) is 2. The molecule has 0 amide bonds. The van der Waals surface area contributed by atoms with Crippen LogP contribution >= 0.6 is 0 Å². The molecule has 5 rings (SSSR count). The van der Waals surface area contributed by atoms with Crippen LogP contribution in [0.2, 0.25) is 0 Å². The van der Waals surface area contributed by atoms with E-state index in [4.69, 9.17) is 29.3 Å². The third-order valence-electron chi connectivity index (χ3n) is 7.34. The third kappa shape index (κ3) is 7.49. The van der Waals surface area contributed by atoms with Gasteiger partial charge in [0.1, 0.15) is 11.9 Å². The number of ether oxygens (including phenoxy) is 2. The van der Waals surface area contributed by atoms with Gasteiger partial charge in [-0.05, 0) is 24.1 Å². The van der Waals surface area contributed by atoms with Crippen LogP contribution < -0.4 is 25.6 Å². The average Bonchev–Trinajstić information content (AvgIpc) is 3.01. The highest BCUT2D eigenvalue weighted by molar-refractivity contribution is 6.27. The van der Waals surface area contributed by atoms with Gasteiger partial charge in [-0.1, -0.05) is 36.4 Å². The van der Waals surface area contributed by atoms with Crippen LogP contribution in [0.5, 0.6) is 11.5 Å². The zero-order valence-corrected chi connectivity index (χ0v) is 24.0. The maximum Gasteiger partial charge on any atom is 0.414 e. The van der Waals surface area contributed by atoms with Crippen LogP contribution in [0.15, 0.2) is 64.2 Å². The summed E-state index contributed by atoms with van der Waals surface area (Å²) in [4.78, 5) is 59.8. The Kier molecular flexibility index (Phi) is 9.99. The van der Waals surface area contributed by atoms with E-state index in [0.29, 0.717) is 35.9 Å². The fourth-order valence-electron chi connectivity index (χ4n) is 4.98. The van der Waals surface area contributed by atoms with E-state index in [2.05, 4.69) is 9.80 Å². The predicted molar refractivity (Wildman–Crippen MR) is 156 cm³/mol. The number of hydrogen-bond donors (Lipinski definition) is 2. The Bertz CT molecular complexity index is 1580. The monoisotopic (exact) mass is 594 g/mol. The number of fused-ring (bicyclic) bond motifs is 1. The SMILES string of the molecule is Cn1c(N2CCN(CCCOc3cccc4c3OC(c3ccccc3)CC4=O)CC2)cc(=O)n(C)c1=O.O=C(O)C(=O)O. The number of piperazine rings is 1. The molecule has 1 saturated heterocycles. The van der Waals surface area contributed by atoms with Crippen molar-refractivity contribution in [3.63, 3.8) is 0 Å². The molecule has 3 heterocycles. The molecule has 2 aromatic carbocycles. The maximum atomic E-state index is 12.8. The summed E-state index contributed by atoms with van der Waals surface area (Å²) in [5.74, 6) is -1.80. The van der Waals surface area contributed by atoms with Crippen molar-refractivity contribution in [3.8, 4) is 11.5 Å². The molecule has 13 nitrogen and oxygen atoms in total. The average molecular weight is 595 g/mol. The van der Waals surface area contributed by atoms with Gasteiger partial charge in [-0.25, -0.2) is 14.4 Å². The van der Waals surface area contributed by atoms with Gasteiger partial charge in [-0.15, -0.1) is 0 Å². The van der Waals surface area contributed by atoms with Gasteiger partial charge in [0.25, 0.3) is 5.56 Å². The second kappa shape index (κ2) is 13.8. The molecule has 1 aromatic heterocycles. The molecule has 0 saturated carbocycles. The molecule has 228 valence electrons. The number of carbonyl (C=O) groups is 3. The minimum absolute atomic E-state index is 0.0622. The minimum Gasteiger partial charge on any atom is -0.490 e. The van der Waals surface area contributed by atoms with Gasteiger partial charge >= 0.3 is 17.6 Å².